The van der Waals surface area contributed by atoms with Gasteiger partial charge in [-0.3, -0.25) is 4.79 Å². The molecule has 0 aliphatic heterocycles. The average molecular weight is 286 g/mol. The van der Waals surface area contributed by atoms with Gasteiger partial charge < -0.3 is 10.4 Å². The molecule has 1 aliphatic carbocycles. The maximum Gasteiger partial charge on any atom is 0.253 e. The second-order valence-electron chi connectivity index (χ2n) is 5.33. The number of benzene rings is 1. The van der Waals surface area contributed by atoms with Crippen LogP contribution >= 0.6 is 0 Å². The van der Waals surface area contributed by atoms with Gasteiger partial charge in [0.05, 0.1) is 29.7 Å². The summed E-state index contributed by atoms with van der Waals surface area (Å²) in [6.45, 7) is 0.506. The van der Waals surface area contributed by atoms with Crippen LogP contribution in [0.3, 0.4) is 0 Å². The van der Waals surface area contributed by atoms with E-state index >= 15 is 0 Å². The molecule has 0 saturated heterocycles. The first kappa shape index (κ1) is 13.8. The van der Waals surface area contributed by atoms with Crippen LogP contribution in [0.25, 0.3) is 5.69 Å². The molecule has 21 heavy (non-hydrogen) atoms. The third kappa shape index (κ3) is 2.95. The molecule has 6 heteroatoms. The molecule has 2 unspecified atom stereocenters. The van der Waals surface area contributed by atoms with Gasteiger partial charge in [-0.2, -0.15) is 0 Å². The number of rotatable bonds is 4. The van der Waals surface area contributed by atoms with Gasteiger partial charge >= 0.3 is 0 Å². The lowest BCUT2D eigenvalue weighted by Crippen LogP contribution is -2.33. The van der Waals surface area contributed by atoms with Crippen molar-refractivity contribution >= 4 is 5.91 Å². The van der Waals surface area contributed by atoms with Crippen LogP contribution in [0, 0.1) is 5.92 Å². The number of aliphatic hydroxyl groups is 1. The number of amides is 1. The molecule has 1 saturated carbocycles. The predicted molar refractivity (Wildman–Crippen MR) is 77.0 cm³/mol. The standard InChI is InChI=1S/C15H18N4O2/c20-14-7-3-4-11(14)10-16-15(21)12-5-1-2-6-13(12)19-9-8-17-18-19/h1-2,5-6,8-9,11,14,20H,3-4,7,10H2,(H,16,21). The predicted octanol–water partition coefficient (Wildman–Crippen LogP) is 1.16. The molecule has 1 aliphatic rings. The number of hydrogen-bond acceptors (Lipinski definition) is 4. The Balaban J connectivity index is 1.73. The highest BCUT2D eigenvalue weighted by Crippen LogP contribution is 2.24. The summed E-state index contributed by atoms with van der Waals surface area (Å²) in [6.07, 6.45) is 5.80. The summed E-state index contributed by atoms with van der Waals surface area (Å²) < 4.78 is 1.57. The summed E-state index contributed by atoms with van der Waals surface area (Å²) in [6, 6.07) is 7.26. The molecular weight excluding hydrogens is 268 g/mol. The summed E-state index contributed by atoms with van der Waals surface area (Å²) >= 11 is 0. The van der Waals surface area contributed by atoms with Gasteiger partial charge in [-0.25, -0.2) is 4.68 Å². The van der Waals surface area contributed by atoms with Gasteiger partial charge in [0.15, 0.2) is 0 Å². The molecule has 1 aromatic carbocycles. The van der Waals surface area contributed by atoms with Crippen molar-refractivity contribution in [2.24, 2.45) is 5.92 Å². The van der Waals surface area contributed by atoms with E-state index in [1.807, 2.05) is 18.2 Å². The van der Waals surface area contributed by atoms with Crippen LogP contribution in [-0.4, -0.2) is 38.7 Å². The number of hydrogen-bond donors (Lipinski definition) is 2. The summed E-state index contributed by atoms with van der Waals surface area (Å²) in [5.74, 6) is 0.00711. The quantitative estimate of drug-likeness (QED) is 0.884. The Labute approximate surface area is 122 Å². The zero-order valence-corrected chi connectivity index (χ0v) is 11.6. The van der Waals surface area contributed by atoms with Crippen molar-refractivity contribution in [1.82, 2.24) is 20.3 Å². The Kier molecular flexibility index (Phi) is 3.96. The zero-order valence-electron chi connectivity index (χ0n) is 11.6. The highest BCUT2D eigenvalue weighted by Gasteiger charge is 2.25. The Morgan fingerprint density at radius 1 is 1.38 bits per heavy atom. The zero-order chi connectivity index (χ0) is 14.7. The maximum absolute atomic E-state index is 12.4. The minimum absolute atomic E-state index is 0.153. The third-order valence-corrected chi connectivity index (χ3v) is 3.96. The molecule has 1 fully saturated rings. The van der Waals surface area contributed by atoms with Gasteiger partial charge in [0.2, 0.25) is 0 Å². The van der Waals surface area contributed by atoms with Crippen LogP contribution in [-0.2, 0) is 0 Å². The van der Waals surface area contributed by atoms with E-state index in [2.05, 4.69) is 15.6 Å². The van der Waals surface area contributed by atoms with Gasteiger partial charge in [-0.05, 0) is 25.0 Å². The van der Waals surface area contributed by atoms with E-state index in [4.69, 9.17) is 0 Å². The van der Waals surface area contributed by atoms with Gasteiger partial charge in [0.1, 0.15) is 0 Å². The molecule has 2 aromatic rings. The van der Waals surface area contributed by atoms with Crippen molar-refractivity contribution in [3.63, 3.8) is 0 Å². The lowest BCUT2D eigenvalue weighted by atomic mass is 10.1. The monoisotopic (exact) mass is 286 g/mol. The van der Waals surface area contributed by atoms with E-state index in [-0.39, 0.29) is 17.9 Å². The van der Waals surface area contributed by atoms with E-state index in [1.54, 1.807) is 23.1 Å². The first-order valence-electron chi connectivity index (χ1n) is 7.17. The Hall–Kier alpha value is -2.21. The highest BCUT2D eigenvalue weighted by atomic mass is 16.3. The van der Waals surface area contributed by atoms with Crippen molar-refractivity contribution in [1.29, 1.82) is 0 Å². The van der Waals surface area contributed by atoms with Gasteiger partial charge in [-0.15, -0.1) is 5.10 Å². The second-order valence-corrected chi connectivity index (χ2v) is 5.33. The Morgan fingerprint density at radius 3 is 2.95 bits per heavy atom. The van der Waals surface area contributed by atoms with Crippen molar-refractivity contribution in [2.45, 2.75) is 25.4 Å². The molecular formula is C15H18N4O2. The molecule has 1 aromatic heterocycles. The summed E-state index contributed by atoms with van der Waals surface area (Å²) in [5, 5.41) is 20.4. The van der Waals surface area contributed by atoms with Crippen LogP contribution in [0.1, 0.15) is 29.6 Å². The highest BCUT2D eigenvalue weighted by molar-refractivity contribution is 5.97. The normalized spacial score (nSPS) is 21.4. The lowest BCUT2D eigenvalue weighted by molar-refractivity contribution is 0.0916. The van der Waals surface area contributed by atoms with Crippen molar-refractivity contribution in [2.75, 3.05) is 6.54 Å². The first-order chi connectivity index (χ1) is 10.3. The lowest BCUT2D eigenvalue weighted by Gasteiger charge is -2.16. The third-order valence-electron chi connectivity index (χ3n) is 3.96. The van der Waals surface area contributed by atoms with Crippen molar-refractivity contribution in [3.05, 3.63) is 42.2 Å². The number of aromatic nitrogens is 3. The molecule has 0 radical (unpaired) electrons. The van der Waals surface area contributed by atoms with Crippen LogP contribution < -0.4 is 5.32 Å². The van der Waals surface area contributed by atoms with Crippen LogP contribution in [0.15, 0.2) is 36.7 Å². The molecule has 1 amide bonds. The summed E-state index contributed by atoms with van der Waals surface area (Å²) in [4.78, 5) is 12.4. The average Bonchev–Trinajstić information content (AvgIpc) is 3.16. The van der Waals surface area contributed by atoms with Crippen LogP contribution in [0.4, 0.5) is 0 Å². The van der Waals surface area contributed by atoms with E-state index in [9.17, 15) is 9.90 Å². The van der Waals surface area contributed by atoms with Gasteiger partial charge in [-0.1, -0.05) is 23.8 Å². The molecule has 2 atom stereocenters. The largest absolute Gasteiger partial charge is 0.393 e. The number of nitrogens with zero attached hydrogens (tertiary/aromatic N) is 3. The molecule has 1 heterocycles. The molecule has 6 nitrogen and oxygen atoms in total. The Morgan fingerprint density at radius 2 is 2.24 bits per heavy atom. The summed E-state index contributed by atoms with van der Waals surface area (Å²) in [5.41, 5.74) is 1.25. The number of nitrogens with one attached hydrogen (secondary N) is 1. The van der Waals surface area contributed by atoms with Crippen LogP contribution in [0.5, 0.6) is 0 Å². The van der Waals surface area contributed by atoms with Crippen molar-refractivity contribution < 1.29 is 9.90 Å². The molecule has 0 bridgehead atoms. The smallest absolute Gasteiger partial charge is 0.253 e. The first-order valence-corrected chi connectivity index (χ1v) is 7.17. The fraction of sp³-hybridized carbons (Fsp3) is 0.400. The second kappa shape index (κ2) is 6.05. The Bertz CT molecular complexity index is 612. The minimum Gasteiger partial charge on any atom is -0.393 e. The molecule has 110 valence electrons. The number of para-hydroxylation sites is 1. The topological polar surface area (TPSA) is 80.0 Å². The fourth-order valence-corrected chi connectivity index (χ4v) is 2.78. The van der Waals surface area contributed by atoms with E-state index < -0.39 is 0 Å². The minimum atomic E-state index is -0.296. The van der Waals surface area contributed by atoms with E-state index in [1.165, 1.54) is 0 Å². The number of carbonyl (C=O) groups excluding carboxylic acids is 1. The fourth-order valence-electron chi connectivity index (χ4n) is 2.78. The van der Waals surface area contributed by atoms with E-state index in [0.29, 0.717) is 17.8 Å². The molecule has 3 rings (SSSR count). The van der Waals surface area contributed by atoms with Gasteiger partial charge in [0, 0.05) is 12.5 Å². The maximum atomic E-state index is 12.4. The van der Waals surface area contributed by atoms with Crippen molar-refractivity contribution in [3.8, 4) is 5.69 Å². The number of aliphatic hydroxyl groups excluding tert-OH is 1. The van der Waals surface area contributed by atoms with Gasteiger partial charge in [0.25, 0.3) is 5.91 Å². The van der Waals surface area contributed by atoms with E-state index in [0.717, 1.165) is 19.3 Å². The summed E-state index contributed by atoms with van der Waals surface area (Å²) in [7, 11) is 0. The number of carbonyl (C=O) groups is 1. The molecule has 0 spiro atoms. The molecule has 2 N–H and O–H groups in total. The SMILES string of the molecule is O=C(NCC1CCCC1O)c1ccccc1-n1ccnn1. The van der Waals surface area contributed by atoms with Crippen LogP contribution in [0.2, 0.25) is 0 Å².